The van der Waals surface area contributed by atoms with Gasteiger partial charge in [-0.1, -0.05) is 0 Å². The van der Waals surface area contributed by atoms with Gasteiger partial charge in [0.25, 0.3) is 0 Å². The van der Waals surface area contributed by atoms with Crippen LogP contribution in [-0.4, -0.2) is 30.8 Å². The summed E-state index contributed by atoms with van der Waals surface area (Å²) in [5.74, 6) is 1.87. The van der Waals surface area contributed by atoms with Gasteiger partial charge in [-0.05, 0) is 0 Å². The summed E-state index contributed by atoms with van der Waals surface area (Å²) >= 11 is -0.956. The second-order valence-electron chi connectivity index (χ2n) is 28.0. The molecule has 4 nitrogen and oxygen atoms in total. The van der Waals surface area contributed by atoms with Crippen LogP contribution in [0.3, 0.4) is 0 Å². The molecular weight excluding hydrogens is 1240 g/mol. The second kappa shape index (κ2) is 22.9. The molecule has 0 fully saturated rings. The molecule has 0 radical (unpaired) electrons. The van der Waals surface area contributed by atoms with Gasteiger partial charge in [-0.25, -0.2) is 0 Å². The fourth-order valence-electron chi connectivity index (χ4n) is 14.2. The first kappa shape index (κ1) is 41.6. The Hall–Kier alpha value is -10.4. The number of rotatable bonds is 9. The summed E-state index contributed by atoms with van der Waals surface area (Å²) in [6.07, 6.45) is 0. The Morgan fingerprint density at radius 1 is 0.340 bits per heavy atom. The summed E-state index contributed by atoms with van der Waals surface area (Å²) in [6.45, 7) is 17.5. The van der Waals surface area contributed by atoms with Gasteiger partial charge in [-0.3, -0.25) is 0 Å². The van der Waals surface area contributed by atoms with E-state index in [0.29, 0.717) is 56.0 Å². The van der Waals surface area contributed by atoms with Gasteiger partial charge < -0.3 is 0 Å². The zero-order chi connectivity index (χ0) is 84.5. The van der Waals surface area contributed by atoms with Crippen molar-refractivity contribution in [2.75, 3.05) is 9.80 Å². The number of aromatic nitrogens is 2. The van der Waals surface area contributed by atoms with E-state index in [4.69, 9.17) is 5.48 Å². The molecule has 0 atom stereocenters. The van der Waals surface area contributed by atoms with Gasteiger partial charge in [0.1, 0.15) is 0 Å². The molecule has 97 heavy (non-hydrogen) atoms. The summed E-state index contributed by atoms with van der Waals surface area (Å²) in [5, 5.41) is -1.19. The minimum atomic E-state index is -1.42. The van der Waals surface area contributed by atoms with Crippen molar-refractivity contribution < 1.29 is 28.8 Å². The Balaban J connectivity index is 1.18. The predicted octanol–water partition coefficient (Wildman–Crippen LogP) is 21.9. The van der Waals surface area contributed by atoms with Crippen LogP contribution in [0.15, 0.2) is 285 Å². The van der Waals surface area contributed by atoms with Crippen molar-refractivity contribution in [1.29, 1.82) is 0 Å². The average molecular weight is 1340 g/mol. The fourth-order valence-corrected chi connectivity index (χ4v) is 15.5. The first-order chi connectivity index (χ1) is 55.8. The molecule has 0 N–H and O–H groups in total. The summed E-state index contributed by atoms with van der Waals surface area (Å²) in [4.78, 5) is 4.01. The number of hydrogen-bond acceptors (Lipinski definition) is 2. The summed E-state index contributed by atoms with van der Waals surface area (Å²) in [7, 11) is 0. The molecule has 0 unspecified atom stereocenters. The molecule has 15 aromatic rings. The number of nitrogens with zero attached hydrogens (tertiary/aromatic N) is 4. The van der Waals surface area contributed by atoms with E-state index in [1.54, 1.807) is 0 Å². The summed E-state index contributed by atoms with van der Waals surface area (Å²) in [6, 6.07) is 38.2. The van der Waals surface area contributed by atoms with E-state index in [1.165, 1.54) is 4.57 Å². The topological polar surface area (TPSA) is 16.3 Å². The van der Waals surface area contributed by atoms with Gasteiger partial charge >= 0.3 is 607 Å². The molecule has 0 saturated carbocycles. The van der Waals surface area contributed by atoms with Crippen LogP contribution >= 0.6 is 0 Å². The van der Waals surface area contributed by atoms with Gasteiger partial charge in [0, 0.05) is 0 Å². The third kappa shape index (κ3) is 9.85. The van der Waals surface area contributed by atoms with Crippen molar-refractivity contribution in [3.8, 4) is 55.9 Å². The SMILES string of the molecule is [2H]c1c([2H])c(-n2c3c([2H])c([2H])c([2H])c([2H])c3c3c([2H])c([2H])c([2H])c([2H])c32)c([2H])c2c1B1c3c(cc(C(C)(C)C)cc3N(c3c(-c4ccccc4)cc(C(C)(C)C)cc3-c3ccccc3)c3c([2H])c(-n4c5c([2H])c([2H])c([2H])c([2H])c5c5c([2H])c([2H])c([2H])c([2H])c54)c([2H])c([Se]C)c31)N2c1c(-c2ccccc2)cc(C(C)(C)C)cc1-c1ccccc1. The number of fused-ring (bicyclic) bond motifs is 10. The first-order valence-corrected chi connectivity index (χ1v) is 35.1. The molecule has 0 saturated heterocycles. The third-order valence-corrected chi connectivity index (χ3v) is 20.6. The predicted molar refractivity (Wildman–Crippen MR) is 418 cm³/mol. The van der Waals surface area contributed by atoms with E-state index < -0.39 is 164 Å². The maximum absolute atomic E-state index is 11.8. The number of para-hydroxylation sites is 4. The van der Waals surface area contributed by atoms with Crippen LogP contribution in [-0.2, 0) is 16.2 Å². The quantitative estimate of drug-likeness (QED) is 0.134. The molecule has 0 aliphatic carbocycles. The average Bonchev–Trinajstić information content (AvgIpc) is 0.887. The Morgan fingerprint density at radius 2 is 0.670 bits per heavy atom. The Labute approximate surface area is 606 Å². The van der Waals surface area contributed by atoms with Crippen LogP contribution in [0.2, 0.25) is 5.82 Å². The van der Waals surface area contributed by atoms with Gasteiger partial charge in [0.15, 0.2) is 0 Å². The normalized spacial score (nSPS) is 16.1. The molecule has 2 aliphatic rings. The Bertz CT molecular complexity index is 6640. The van der Waals surface area contributed by atoms with E-state index in [-0.39, 0.29) is 82.1 Å². The van der Waals surface area contributed by atoms with E-state index in [2.05, 4.69) is 98.7 Å². The maximum atomic E-state index is 11.8. The Kier molecular flexibility index (Phi) is 9.82. The van der Waals surface area contributed by atoms with Crippen LogP contribution in [0.25, 0.3) is 99.5 Å². The number of hydrogen-bond donors (Lipinski definition) is 0. The molecule has 0 bridgehead atoms. The molecule has 4 heterocycles. The van der Waals surface area contributed by atoms with Crippen molar-refractivity contribution in [3.63, 3.8) is 0 Å². The second-order valence-corrected chi connectivity index (χ2v) is 29.7. The van der Waals surface area contributed by atoms with Crippen molar-refractivity contribution in [1.82, 2.24) is 9.13 Å². The molecule has 2 aliphatic heterocycles. The van der Waals surface area contributed by atoms with E-state index in [9.17, 15) is 23.3 Å². The molecular formula is C91H77BN4Se. The zero-order valence-electron chi connectivity index (χ0n) is 76.3. The zero-order valence-corrected chi connectivity index (χ0v) is 57.0. The molecule has 17 rings (SSSR count). The third-order valence-electron chi connectivity index (χ3n) is 19.0. The van der Waals surface area contributed by atoms with Crippen LogP contribution < -0.4 is 30.7 Å². The van der Waals surface area contributed by atoms with E-state index in [1.807, 2.05) is 137 Å². The van der Waals surface area contributed by atoms with Gasteiger partial charge in [-0.2, -0.15) is 0 Å². The van der Waals surface area contributed by atoms with Crippen LogP contribution in [0.4, 0.5) is 34.1 Å². The van der Waals surface area contributed by atoms with E-state index in [0.717, 1.165) is 37.9 Å². The Morgan fingerprint density at radius 3 is 1.03 bits per heavy atom. The molecule has 13 aromatic carbocycles. The van der Waals surface area contributed by atoms with Crippen molar-refractivity contribution >= 4 is 120 Å². The van der Waals surface area contributed by atoms with Gasteiger partial charge in [0.05, 0.1) is 2.74 Å². The molecule has 6 heteroatoms. The van der Waals surface area contributed by atoms with E-state index >= 15 is 0 Å². The van der Waals surface area contributed by atoms with Crippen molar-refractivity contribution in [2.24, 2.45) is 0 Å². The van der Waals surface area contributed by atoms with Crippen LogP contribution in [0.5, 0.6) is 0 Å². The molecule has 0 spiro atoms. The van der Waals surface area contributed by atoms with Gasteiger partial charge in [0.2, 0.25) is 0 Å². The minimum absolute atomic E-state index is 0.00815. The van der Waals surface area contributed by atoms with Crippen molar-refractivity contribution in [2.45, 2.75) is 84.4 Å². The van der Waals surface area contributed by atoms with Crippen LogP contribution in [0, 0.1) is 0 Å². The first-order valence-electron chi connectivity index (χ1n) is 43.0. The number of anilines is 6. The fraction of sp³-hybridized carbons (Fsp3) is 0.143. The number of benzene rings is 13. The molecule has 470 valence electrons. The summed E-state index contributed by atoms with van der Waals surface area (Å²) in [5.41, 5.74) is 6.45. The van der Waals surface area contributed by atoms with Crippen molar-refractivity contribution in [3.05, 3.63) is 301 Å². The van der Waals surface area contributed by atoms with Gasteiger partial charge in [-0.15, -0.1) is 0 Å². The molecule has 0 amide bonds. The summed E-state index contributed by atoms with van der Waals surface area (Å²) < 4.78 is 212. The monoisotopic (exact) mass is 1340 g/mol. The van der Waals surface area contributed by atoms with Crippen LogP contribution in [0.1, 0.15) is 108 Å². The standard InChI is InChI=1S/C91H77BN4Se/c1-89(2,3)62-49-71(58-31-15-11-16-32-58)87(72(50-62)59-33-17-12-18-34-59)95-80-55-65(93-76-43-27-23-39-67(76)68-40-24-28-44-77(68)93)47-48-75(80)92-85-81(95)53-64(91(7,8)9)54-82(85)96(88-73(60-35-19-13-20-36-60)51-63(90(4,5)6)52-74(88)61-37-21-14-22-38-61)83-56-66(57-84(97-10)86(83)92)94-78-45-29-25-41-69(78)70-42-26-30-46-79(70)94/h11-57H,1-10H3/i23D,24D,25D,26D,27D,28D,29D,30D,39D,40D,41D,42D,43D,44D,45D,46D,47D,48D,55D,56D,57D. The molecule has 2 aromatic heterocycles.